The Bertz CT molecular complexity index is 626. The van der Waals surface area contributed by atoms with E-state index in [4.69, 9.17) is 4.74 Å². The maximum atomic E-state index is 5.85. The summed E-state index contributed by atoms with van der Waals surface area (Å²) in [7, 11) is 0. The van der Waals surface area contributed by atoms with Gasteiger partial charge in [-0.15, -0.1) is 0 Å². The average molecular weight is 348 g/mol. The zero-order valence-corrected chi connectivity index (χ0v) is 14.2. The van der Waals surface area contributed by atoms with E-state index in [0.717, 1.165) is 23.9 Å². The third kappa shape index (κ3) is 3.58. The van der Waals surface area contributed by atoms with Crippen LogP contribution in [0, 0.1) is 5.92 Å². The Morgan fingerprint density at radius 3 is 2.71 bits per heavy atom. The fraction of sp³-hybridized carbons (Fsp3) is 0.444. The lowest BCUT2D eigenvalue weighted by atomic mass is 9.95. The molecule has 1 fully saturated rings. The van der Waals surface area contributed by atoms with Crippen molar-refractivity contribution in [3.05, 3.63) is 40.9 Å². The quantitative estimate of drug-likeness (QED) is 0.821. The van der Waals surface area contributed by atoms with Crippen molar-refractivity contribution in [2.45, 2.75) is 38.8 Å². The molecule has 21 heavy (non-hydrogen) atoms. The second kappa shape index (κ2) is 6.37. The molecule has 0 amide bonds. The third-order valence-electron chi connectivity index (χ3n) is 4.23. The molecule has 2 unspecified atom stereocenters. The first kappa shape index (κ1) is 14.9. The molecule has 1 aliphatic heterocycles. The van der Waals surface area contributed by atoms with Crippen LogP contribution in [0.5, 0.6) is 0 Å². The minimum atomic E-state index is 0.382. The molecule has 0 aromatic heterocycles. The van der Waals surface area contributed by atoms with Crippen molar-refractivity contribution in [1.29, 1.82) is 0 Å². The van der Waals surface area contributed by atoms with Gasteiger partial charge in [-0.3, -0.25) is 0 Å². The molecule has 2 atom stereocenters. The molecular weight excluding hydrogens is 326 g/mol. The van der Waals surface area contributed by atoms with Gasteiger partial charge >= 0.3 is 0 Å². The van der Waals surface area contributed by atoms with Crippen molar-refractivity contribution in [3.63, 3.8) is 0 Å². The summed E-state index contributed by atoms with van der Waals surface area (Å²) in [6.45, 7) is 5.34. The molecule has 0 bridgehead atoms. The molecule has 3 rings (SSSR count). The predicted molar refractivity (Wildman–Crippen MR) is 92.9 cm³/mol. The highest BCUT2D eigenvalue weighted by atomic mass is 79.9. The first-order valence-electron chi connectivity index (χ1n) is 7.69. The van der Waals surface area contributed by atoms with Gasteiger partial charge in [0.25, 0.3) is 0 Å². The molecular formula is C18H22BrNO. The van der Waals surface area contributed by atoms with Gasteiger partial charge in [0.15, 0.2) is 0 Å². The zero-order valence-electron chi connectivity index (χ0n) is 12.6. The molecule has 0 spiro atoms. The van der Waals surface area contributed by atoms with Crippen molar-refractivity contribution < 1.29 is 4.74 Å². The molecule has 1 saturated heterocycles. The molecule has 1 N–H and O–H groups in total. The van der Waals surface area contributed by atoms with Gasteiger partial charge in [-0.1, -0.05) is 41.9 Å². The third-order valence-corrected chi connectivity index (χ3v) is 4.72. The van der Waals surface area contributed by atoms with Gasteiger partial charge in [-0.05, 0) is 53.8 Å². The van der Waals surface area contributed by atoms with Crippen molar-refractivity contribution in [2.24, 2.45) is 5.92 Å². The van der Waals surface area contributed by atoms with Crippen LogP contribution in [0.2, 0.25) is 0 Å². The summed E-state index contributed by atoms with van der Waals surface area (Å²) in [4.78, 5) is 0. The lowest BCUT2D eigenvalue weighted by molar-refractivity contribution is -0.0160. The van der Waals surface area contributed by atoms with Crippen LogP contribution in [0.1, 0.15) is 26.7 Å². The van der Waals surface area contributed by atoms with Crippen molar-refractivity contribution >= 4 is 32.4 Å². The zero-order chi connectivity index (χ0) is 14.8. The summed E-state index contributed by atoms with van der Waals surface area (Å²) in [5, 5.41) is 6.22. The number of ether oxygens (including phenoxy) is 1. The van der Waals surface area contributed by atoms with E-state index in [9.17, 15) is 0 Å². The van der Waals surface area contributed by atoms with Gasteiger partial charge in [0.05, 0.1) is 6.10 Å². The number of nitrogens with one attached hydrogen (secondary N) is 1. The van der Waals surface area contributed by atoms with E-state index in [1.165, 1.54) is 16.5 Å². The molecule has 1 heterocycles. The molecule has 3 heteroatoms. The van der Waals surface area contributed by atoms with Gasteiger partial charge in [-0.25, -0.2) is 0 Å². The van der Waals surface area contributed by atoms with Crippen LogP contribution in [-0.4, -0.2) is 18.8 Å². The molecule has 2 aromatic rings. The number of halogens is 1. The fourth-order valence-corrected chi connectivity index (χ4v) is 3.34. The predicted octanol–water partition coefficient (Wildman–Crippen LogP) is 5.22. The number of rotatable bonds is 3. The van der Waals surface area contributed by atoms with Crippen LogP contribution in [0.3, 0.4) is 0 Å². The average Bonchev–Trinajstić information content (AvgIpc) is 2.48. The number of fused-ring (bicyclic) bond motifs is 1. The van der Waals surface area contributed by atoms with Crippen LogP contribution >= 0.6 is 15.9 Å². The number of benzene rings is 2. The number of hydrogen-bond donors (Lipinski definition) is 1. The molecule has 0 saturated carbocycles. The van der Waals surface area contributed by atoms with Crippen LogP contribution in [0.15, 0.2) is 40.9 Å². The standard InChI is InChI=1S/C18H22BrNO/c1-12(2)18-11-17(7-8-21-18)20-16-6-4-13-9-15(19)5-3-14(13)10-16/h3-6,9-10,12,17-18,20H,7-8,11H2,1-2H3. The van der Waals surface area contributed by atoms with Crippen molar-refractivity contribution in [3.8, 4) is 0 Å². The largest absolute Gasteiger partial charge is 0.382 e. The Balaban J connectivity index is 1.74. The lowest BCUT2D eigenvalue weighted by Gasteiger charge is -2.33. The summed E-state index contributed by atoms with van der Waals surface area (Å²) in [6.07, 6.45) is 2.56. The molecule has 112 valence electrons. The Morgan fingerprint density at radius 1 is 1.14 bits per heavy atom. The molecule has 2 nitrogen and oxygen atoms in total. The van der Waals surface area contributed by atoms with Gasteiger partial charge in [0.2, 0.25) is 0 Å². The maximum Gasteiger partial charge on any atom is 0.0617 e. The van der Waals surface area contributed by atoms with E-state index >= 15 is 0 Å². The lowest BCUT2D eigenvalue weighted by Crippen LogP contribution is -2.36. The number of anilines is 1. The minimum Gasteiger partial charge on any atom is -0.382 e. The summed E-state index contributed by atoms with van der Waals surface area (Å²) in [5.41, 5.74) is 1.21. The fourth-order valence-electron chi connectivity index (χ4n) is 2.97. The summed E-state index contributed by atoms with van der Waals surface area (Å²) in [6, 6.07) is 13.5. The highest BCUT2D eigenvalue weighted by Gasteiger charge is 2.24. The van der Waals surface area contributed by atoms with Crippen LogP contribution in [0.25, 0.3) is 10.8 Å². The summed E-state index contributed by atoms with van der Waals surface area (Å²) < 4.78 is 6.97. The van der Waals surface area contributed by atoms with Gasteiger partial charge in [-0.2, -0.15) is 0 Å². The molecule has 2 aromatic carbocycles. The first-order valence-corrected chi connectivity index (χ1v) is 8.48. The Labute approximate surface area is 135 Å². The Hall–Kier alpha value is -1.06. The molecule has 1 aliphatic rings. The monoisotopic (exact) mass is 347 g/mol. The SMILES string of the molecule is CC(C)C1CC(Nc2ccc3cc(Br)ccc3c2)CCO1. The maximum absolute atomic E-state index is 5.85. The van der Waals surface area contributed by atoms with Crippen LogP contribution < -0.4 is 5.32 Å². The van der Waals surface area contributed by atoms with Crippen LogP contribution in [0.4, 0.5) is 5.69 Å². The van der Waals surface area contributed by atoms with E-state index in [1.807, 2.05) is 0 Å². The van der Waals surface area contributed by atoms with Gasteiger partial charge in [0, 0.05) is 22.8 Å². The van der Waals surface area contributed by atoms with E-state index in [-0.39, 0.29) is 0 Å². The second-order valence-corrected chi connectivity index (χ2v) is 7.14. The van der Waals surface area contributed by atoms with E-state index in [2.05, 4.69) is 71.5 Å². The molecule has 0 radical (unpaired) electrons. The smallest absolute Gasteiger partial charge is 0.0617 e. The van der Waals surface area contributed by atoms with E-state index in [0.29, 0.717) is 18.1 Å². The van der Waals surface area contributed by atoms with Gasteiger partial charge in [0.1, 0.15) is 0 Å². The second-order valence-electron chi connectivity index (χ2n) is 6.23. The highest BCUT2D eigenvalue weighted by molar-refractivity contribution is 9.10. The summed E-state index contributed by atoms with van der Waals surface area (Å²) >= 11 is 3.52. The minimum absolute atomic E-state index is 0.382. The Morgan fingerprint density at radius 2 is 1.90 bits per heavy atom. The normalized spacial score (nSPS) is 22.7. The molecule has 0 aliphatic carbocycles. The Kier molecular flexibility index (Phi) is 4.51. The van der Waals surface area contributed by atoms with E-state index < -0.39 is 0 Å². The van der Waals surface area contributed by atoms with Crippen molar-refractivity contribution in [2.75, 3.05) is 11.9 Å². The van der Waals surface area contributed by atoms with E-state index in [1.54, 1.807) is 0 Å². The van der Waals surface area contributed by atoms with Gasteiger partial charge < -0.3 is 10.1 Å². The highest BCUT2D eigenvalue weighted by Crippen LogP contribution is 2.26. The topological polar surface area (TPSA) is 21.3 Å². The summed E-state index contributed by atoms with van der Waals surface area (Å²) in [5.74, 6) is 0.587. The van der Waals surface area contributed by atoms with Crippen LogP contribution in [-0.2, 0) is 4.74 Å². The van der Waals surface area contributed by atoms with Crippen molar-refractivity contribution in [1.82, 2.24) is 0 Å². The number of hydrogen-bond acceptors (Lipinski definition) is 2. The first-order chi connectivity index (χ1) is 10.1.